The van der Waals surface area contributed by atoms with Crippen LogP contribution in [0, 0.1) is 0 Å². The number of aromatic nitrogens is 4. The van der Waals surface area contributed by atoms with Gasteiger partial charge in [0.2, 0.25) is 5.91 Å². The number of aryl methyl sites for hydroxylation is 1. The minimum absolute atomic E-state index is 0.0651. The first-order chi connectivity index (χ1) is 17.7. The van der Waals surface area contributed by atoms with E-state index in [0.717, 1.165) is 75.0 Å². The summed E-state index contributed by atoms with van der Waals surface area (Å²) in [4.78, 5) is 29.8. The number of fused-ring (bicyclic) bond motifs is 2. The number of carbonyl (C=O) groups excluding carboxylic acids is 1. The maximum Gasteiger partial charge on any atom is 0.343 e. The Bertz CT molecular complexity index is 1450. The van der Waals surface area contributed by atoms with Crippen molar-refractivity contribution in [2.24, 2.45) is 0 Å². The fourth-order valence-corrected chi connectivity index (χ4v) is 5.53. The van der Waals surface area contributed by atoms with Gasteiger partial charge in [0.25, 0.3) is 0 Å². The molecular formula is C27H28N6O3. The Morgan fingerprint density at radius 2 is 2.00 bits per heavy atom. The Morgan fingerprint density at radius 3 is 2.89 bits per heavy atom. The number of benzene rings is 2. The summed E-state index contributed by atoms with van der Waals surface area (Å²) >= 11 is 0. The van der Waals surface area contributed by atoms with Gasteiger partial charge in [-0.05, 0) is 89.0 Å². The fraction of sp³-hybridized carbons (Fsp3) is 0.370. The van der Waals surface area contributed by atoms with E-state index in [1.165, 1.54) is 17.4 Å². The monoisotopic (exact) mass is 484 g/mol. The lowest BCUT2D eigenvalue weighted by Gasteiger charge is -2.25. The summed E-state index contributed by atoms with van der Waals surface area (Å²) in [6, 6.07) is 13.9. The van der Waals surface area contributed by atoms with Gasteiger partial charge >= 0.3 is 5.63 Å². The summed E-state index contributed by atoms with van der Waals surface area (Å²) in [7, 11) is 0. The molecule has 1 atom stereocenters. The standard InChI is InChI=1S/C27H28N6O3/c34-26(25-6-3-20-17-22(4-7-23(20)25)33-18-28-29-30-33)32-11-1-10-31(13-14-32)12-8-19-2-5-24-21(16-19)9-15-36-27(24)35/h2,4-5,7,9,15-18,25H,1,3,6,8,10-14H2. The molecule has 2 aliphatic rings. The lowest BCUT2D eigenvalue weighted by molar-refractivity contribution is -0.132. The van der Waals surface area contributed by atoms with E-state index in [0.29, 0.717) is 5.39 Å². The second kappa shape index (κ2) is 9.66. The van der Waals surface area contributed by atoms with Crippen molar-refractivity contribution in [1.82, 2.24) is 30.0 Å². The van der Waals surface area contributed by atoms with Crippen LogP contribution in [0.4, 0.5) is 0 Å². The molecule has 9 heteroatoms. The van der Waals surface area contributed by atoms with Gasteiger partial charge in [-0.2, -0.15) is 0 Å². The van der Waals surface area contributed by atoms with Crippen LogP contribution in [-0.2, 0) is 17.6 Å². The summed E-state index contributed by atoms with van der Waals surface area (Å²) in [5.41, 5.74) is 4.18. The Labute approximate surface area is 208 Å². The minimum Gasteiger partial charge on any atom is -0.431 e. The van der Waals surface area contributed by atoms with Crippen molar-refractivity contribution in [3.63, 3.8) is 0 Å². The normalized spacial score (nSPS) is 18.3. The summed E-state index contributed by atoms with van der Waals surface area (Å²) in [5.74, 6) is 0.184. The van der Waals surface area contributed by atoms with Gasteiger partial charge in [-0.15, -0.1) is 5.10 Å². The molecule has 6 rings (SSSR count). The molecule has 0 N–H and O–H groups in total. The largest absolute Gasteiger partial charge is 0.431 e. The molecule has 36 heavy (non-hydrogen) atoms. The van der Waals surface area contributed by atoms with Crippen molar-refractivity contribution in [1.29, 1.82) is 0 Å². The van der Waals surface area contributed by atoms with Crippen LogP contribution in [0.3, 0.4) is 0 Å². The van der Waals surface area contributed by atoms with E-state index in [4.69, 9.17) is 4.42 Å². The molecular weight excluding hydrogens is 456 g/mol. The highest BCUT2D eigenvalue weighted by Crippen LogP contribution is 2.35. The molecule has 4 aromatic rings. The zero-order chi connectivity index (χ0) is 24.5. The zero-order valence-electron chi connectivity index (χ0n) is 20.0. The van der Waals surface area contributed by atoms with Crippen LogP contribution in [0.1, 0.15) is 35.4 Å². The Balaban J connectivity index is 1.07. The van der Waals surface area contributed by atoms with E-state index in [2.05, 4.69) is 43.5 Å². The maximum absolute atomic E-state index is 13.5. The summed E-state index contributed by atoms with van der Waals surface area (Å²) in [6.07, 6.45) is 6.67. The third-order valence-corrected chi connectivity index (χ3v) is 7.49. The zero-order valence-corrected chi connectivity index (χ0v) is 20.0. The number of hydrogen-bond acceptors (Lipinski definition) is 7. The van der Waals surface area contributed by atoms with E-state index < -0.39 is 0 Å². The number of carbonyl (C=O) groups is 1. The molecule has 1 saturated heterocycles. The van der Waals surface area contributed by atoms with Crippen LogP contribution < -0.4 is 5.63 Å². The third-order valence-electron chi connectivity index (χ3n) is 7.49. The molecule has 1 amide bonds. The highest BCUT2D eigenvalue weighted by Gasteiger charge is 2.32. The lowest BCUT2D eigenvalue weighted by Crippen LogP contribution is -2.38. The van der Waals surface area contributed by atoms with Crippen LogP contribution in [-0.4, -0.2) is 68.6 Å². The van der Waals surface area contributed by atoms with Gasteiger partial charge in [0.05, 0.1) is 23.3 Å². The van der Waals surface area contributed by atoms with Crippen molar-refractivity contribution in [3.05, 3.63) is 82.2 Å². The van der Waals surface area contributed by atoms with Gasteiger partial charge in [-0.1, -0.05) is 18.2 Å². The lowest BCUT2D eigenvalue weighted by atomic mass is 9.99. The molecule has 3 heterocycles. The van der Waals surface area contributed by atoms with E-state index >= 15 is 0 Å². The van der Waals surface area contributed by atoms with Crippen molar-refractivity contribution in [2.45, 2.75) is 31.6 Å². The summed E-state index contributed by atoms with van der Waals surface area (Å²) in [5, 5.41) is 12.9. The van der Waals surface area contributed by atoms with Crippen molar-refractivity contribution in [2.75, 3.05) is 32.7 Å². The molecule has 0 radical (unpaired) electrons. The highest BCUT2D eigenvalue weighted by atomic mass is 16.4. The average Bonchev–Trinajstić information content (AvgIpc) is 3.52. The molecule has 0 bridgehead atoms. The van der Waals surface area contributed by atoms with Gasteiger partial charge in [-0.3, -0.25) is 4.79 Å². The first kappa shape index (κ1) is 22.6. The summed E-state index contributed by atoms with van der Waals surface area (Å²) < 4.78 is 6.60. The molecule has 2 aromatic heterocycles. The molecule has 1 aliphatic carbocycles. The van der Waals surface area contributed by atoms with Crippen molar-refractivity contribution >= 4 is 16.7 Å². The van der Waals surface area contributed by atoms with E-state index in [9.17, 15) is 9.59 Å². The predicted octanol–water partition coefficient (Wildman–Crippen LogP) is 2.58. The molecule has 9 nitrogen and oxygen atoms in total. The van der Waals surface area contributed by atoms with Crippen LogP contribution in [0.5, 0.6) is 0 Å². The van der Waals surface area contributed by atoms with Crippen LogP contribution in [0.15, 0.2) is 64.3 Å². The third kappa shape index (κ3) is 4.42. The van der Waals surface area contributed by atoms with Crippen LogP contribution in [0.2, 0.25) is 0 Å². The molecule has 1 unspecified atom stereocenters. The first-order valence-electron chi connectivity index (χ1n) is 12.5. The molecule has 184 valence electrons. The van der Waals surface area contributed by atoms with Crippen LogP contribution >= 0.6 is 0 Å². The number of nitrogens with zero attached hydrogens (tertiary/aromatic N) is 6. The van der Waals surface area contributed by atoms with Gasteiger partial charge in [0, 0.05) is 26.2 Å². The topological polar surface area (TPSA) is 97.4 Å². The fourth-order valence-electron chi connectivity index (χ4n) is 5.53. The minimum atomic E-state index is -0.297. The Morgan fingerprint density at radius 1 is 1.06 bits per heavy atom. The van der Waals surface area contributed by atoms with E-state index in [1.54, 1.807) is 11.0 Å². The highest BCUT2D eigenvalue weighted by molar-refractivity contribution is 5.85. The molecule has 2 aromatic carbocycles. The number of rotatable bonds is 5. The quantitative estimate of drug-likeness (QED) is 0.429. The second-order valence-electron chi connectivity index (χ2n) is 9.63. The van der Waals surface area contributed by atoms with Crippen molar-refractivity contribution in [3.8, 4) is 5.69 Å². The number of tetrazole rings is 1. The Hall–Kier alpha value is -3.85. The van der Waals surface area contributed by atoms with Gasteiger partial charge in [0.15, 0.2) is 0 Å². The molecule has 1 aliphatic heterocycles. The maximum atomic E-state index is 13.5. The predicted molar refractivity (Wildman–Crippen MR) is 134 cm³/mol. The SMILES string of the molecule is O=C(C1CCc2cc(-n3cnnn3)ccc21)N1CCCN(CCc2ccc3c(=O)occc3c2)CC1. The molecule has 0 spiro atoms. The first-order valence-corrected chi connectivity index (χ1v) is 12.5. The molecule has 0 saturated carbocycles. The van der Waals surface area contributed by atoms with E-state index in [1.807, 2.05) is 24.3 Å². The summed E-state index contributed by atoms with van der Waals surface area (Å²) in [6.45, 7) is 4.35. The molecule has 1 fully saturated rings. The van der Waals surface area contributed by atoms with Crippen LogP contribution in [0.25, 0.3) is 16.5 Å². The number of amides is 1. The second-order valence-corrected chi connectivity index (χ2v) is 9.63. The average molecular weight is 485 g/mol. The Kier molecular flexibility index (Phi) is 6.06. The number of hydrogen-bond donors (Lipinski definition) is 0. The van der Waals surface area contributed by atoms with E-state index in [-0.39, 0.29) is 17.5 Å². The van der Waals surface area contributed by atoms with Gasteiger partial charge in [0.1, 0.15) is 6.33 Å². The van der Waals surface area contributed by atoms with Crippen molar-refractivity contribution < 1.29 is 9.21 Å². The smallest absolute Gasteiger partial charge is 0.343 e. The van der Waals surface area contributed by atoms with Gasteiger partial charge < -0.3 is 14.2 Å². The van der Waals surface area contributed by atoms with Gasteiger partial charge in [-0.25, -0.2) is 9.48 Å².